The summed E-state index contributed by atoms with van der Waals surface area (Å²) in [6.45, 7) is 3.09. The second-order valence-electron chi connectivity index (χ2n) is 2.42. The minimum Gasteiger partial charge on any atom is -0.393 e. The number of Topliss-reactive ketones (excluding diaryl/α,β-unsaturated/α-hetero) is 1. The Morgan fingerprint density at radius 3 is 2.30 bits per heavy atom. The van der Waals surface area contributed by atoms with Crippen LogP contribution in [-0.4, -0.2) is 30.2 Å². The van der Waals surface area contributed by atoms with Crippen LogP contribution in [0, 0.1) is 0 Å². The smallest absolute Gasteiger partial charge is 0.158 e. The number of ketones is 1. The summed E-state index contributed by atoms with van der Waals surface area (Å²) in [6, 6.07) is 0. The van der Waals surface area contributed by atoms with Crippen molar-refractivity contribution in [3.8, 4) is 0 Å². The Kier molecular flexibility index (Phi) is 4.23. The van der Waals surface area contributed by atoms with Crippen LogP contribution in [0.25, 0.3) is 0 Å². The minimum absolute atomic E-state index is 0.0385. The zero-order chi connectivity index (χ0) is 8.15. The minimum atomic E-state index is -0.478. The van der Waals surface area contributed by atoms with Crippen LogP contribution in [-0.2, 0) is 9.53 Å². The van der Waals surface area contributed by atoms with Gasteiger partial charge in [-0.3, -0.25) is 4.79 Å². The molecule has 0 heterocycles. The van der Waals surface area contributed by atoms with Crippen molar-refractivity contribution >= 4 is 5.78 Å². The number of hydrogen-bond acceptors (Lipinski definition) is 3. The first-order chi connectivity index (χ1) is 4.57. The van der Waals surface area contributed by atoms with E-state index in [1.807, 2.05) is 0 Å². The number of ether oxygens (including phenoxy) is 1. The van der Waals surface area contributed by atoms with Gasteiger partial charge in [0.2, 0.25) is 0 Å². The van der Waals surface area contributed by atoms with Crippen molar-refractivity contribution in [2.24, 2.45) is 0 Å². The Morgan fingerprint density at radius 1 is 1.70 bits per heavy atom. The molecule has 2 unspecified atom stereocenters. The van der Waals surface area contributed by atoms with Crippen LogP contribution in [0.1, 0.15) is 20.3 Å². The number of carbonyl (C=O) groups excluding carboxylic acids is 1. The zero-order valence-electron chi connectivity index (χ0n) is 6.63. The molecule has 0 rings (SSSR count). The van der Waals surface area contributed by atoms with E-state index in [2.05, 4.69) is 0 Å². The van der Waals surface area contributed by atoms with Gasteiger partial charge < -0.3 is 9.84 Å². The highest BCUT2D eigenvalue weighted by Gasteiger charge is 2.14. The van der Waals surface area contributed by atoms with Crippen LogP contribution in [0.5, 0.6) is 0 Å². The summed E-state index contributed by atoms with van der Waals surface area (Å²) in [5, 5.41) is 8.87. The predicted octanol–water partition coefficient (Wildman–Crippen LogP) is 0.361. The van der Waals surface area contributed by atoms with E-state index in [0.717, 1.165) is 0 Å². The lowest BCUT2D eigenvalue weighted by Crippen LogP contribution is -2.24. The van der Waals surface area contributed by atoms with E-state index < -0.39 is 12.2 Å². The van der Waals surface area contributed by atoms with Gasteiger partial charge in [0.25, 0.3) is 0 Å². The topological polar surface area (TPSA) is 46.5 Å². The summed E-state index contributed by atoms with van der Waals surface area (Å²) in [4.78, 5) is 10.7. The van der Waals surface area contributed by atoms with Gasteiger partial charge in [-0.05, 0) is 13.8 Å². The first kappa shape index (κ1) is 9.59. The summed E-state index contributed by atoms with van der Waals surface area (Å²) < 4.78 is 4.81. The molecule has 0 aliphatic carbocycles. The predicted molar refractivity (Wildman–Crippen MR) is 37.8 cm³/mol. The highest BCUT2D eigenvalue weighted by Crippen LogP contribution is 2.01. The fourth-order valence-electron chi connectivity index (χ4n) is 0.738. The van der Waals surface area contributed by atoms with Gasteiger partial charge in [0.15, 0.2) is 5.78 Å². The molecule has 0 fully saturated rings. The van der Waals surface area contributed by atoms with Gasteiger partial charge in [0, 0.05) is 13.5 Å². The van der Waals surface area contributed by atoms with Crippen LogP contribution in [0.4, 0.5) is 0 Å². The summed E-state index contributed by atoms with van der Waals surface area (Å²) in [5.74, 6) is -0.0385. The van der Waals surface area contributed by atoms with Crippen LogP contribution in [0.2, 0.25) is 0 Å². The molecule has 0 spiro atoms. The van der Waals surface area contributed by atoms with E-state index in [0.29, 0.717) is 6.42 Å². The number of methoxy groups -OCH3 is 1. The van der Waals surface area contributed by atoms with Gasteiger partial charge in [0.05, 0.1) is 6.10 Å². The maximum atomic E-state index is 10.7. The highest BCUT2D eigenvalue weighted by atomic mass is 16.5. The van der Waals surface area contributed by atoms with E-state index in [1.54, 1.807) is 6.92 Å². The lowest BCUT2D eigenvalue weighted by Gasteiger charge is -2.12. The number of hydrogen-bond donors (Lipinski definition) is 1. The second kappa shape index (κ2) is 4.41. The Morgan fingerprint density at radius 2 is 2.20 bits per heavy atom. The maximum Gasteiger partial charge on any atom is 0.158 e. The number of aliphatic hydroxyl groups is 1. The van der Waals surface area contributed by atoms with Crippen molar-refractivity contribution in [2.75, 3.05) is 7.11 Å². The third-order valence-electron chi connectivity index (χ3n) is 1.29. The molecule has 3 heteroatoms. The fraction of sp³-hybridized carbons (Fsp3) is 0.857. The highest BCUT2D eigenvalue weighted by molar-refractivity contribution is 5.80. The van der Waals surface area contributed by atoms with Crippen molar-refractivity contribution in [2.45, 2.75) is 32.5 Å². The van der Waals surface area contributed by atoms with Crippen LogP contribution in [0.3, 0.4) is 0 Å². The average molecular weight is 146 g/mol. The van der Waals surface area contributed by atoms with Gasteiger partial charge in [-0.25, -0.2) is 0 Å². The van der Waals surface area contributed by atoms with E-state index in [-0.39, 0.29) is 5.78 Å². The van der Waals surface area contributed by atoms with Gasteiger partial charge in [-0.2, -0.15) is 0 Å². The Hall–Kier alpha value is -0.410. The van der Waals surface area contributed by atoms with Crippen molar-refractivity contribution < 1.29 is 14.6 Å². The maximum absolute atomic E-state index is 10.7. The third-order valence-corrected chi connectivity index (χ3v) is 1.29. The summed E-state index contributed by atoms with van der Waals surface area (Å²) >= 11 is 0. The van der Waals surface area contributed by atoms with Crippen LogP contribution >= 0.6 is 0 Å². The molecule has 0 saturated heterocycles. The molecule has 0 saturated carbocycles. The van der Waals surface area contributed by atoms with Gasteiger partial charge in [-0.15, -0.1) is 0 Å². The molecule has 0 aromatic rings. The standard InChI is InChI=1S/C7H14O3/c1-5(8)4-7(10-3)6(2)9/h5,7-8H,4H2,1-3H3. The molecule has 3 nitrogen and oxygen atoms in total. The summed E-state index contributed by atoms with van der Waals surface area (Å²) in [5.41, 5.74) is 0. The zero-order valence-corrected chi connectivity index (χ0v) is 6.63. The van der Waals surface area contributed by atoms with E-state index in [9.17, 15) is 4.79 Å². The normalized spacial score (nSPS) is 16.4. The van der Waals surface area contributed by atoms with Gasteiger partial charge in [0.1, 0.15) is 6.10 Å². The van der Waals surface area contributed by atoms with Crippen molar-refractivity contribution in [1.82, 2.24) is 0 Å². The molecule has 0 aliphatic heterocycles. The van der Waals surface area contributed by atoms with Crippen LogP contribution in [0.15, 0.2) is 0 Å². The van der Waals surface area contributed by atoms with Crippen molar-refractivity contribution in [3.63, 3.8) is 0 Å². The molecule has 2 atom stereocenters. The molecule has 0 amide bonds. The van der Waals surface area contributed by atoms with Crippen molar-refractivity contribution in [1.29, 1.82) is 0 Å². The molecule has 1 N–H and O–H groups in total. The number of rotatable bonds is 4. The quantitative estimate of drug-likeness (QED) is 0.623. The van der Waals surface area contributed by atoms with E-state index in [4.69, 9.17) is 9.84 Å². The van der Waals surface area contributed by atoms with Gasteiger partial charge in [-0.1, -0.05) is 0 Å². The summed E-state index contributed by atoms with van der Waals surface area (Å²) in [6.07, 6.45) is -0.542. The molecule has 0 radical (unpaired) electrons. The molecule has 0 bridgehead atoms. The monoisotopic (exact) mass is 146 g/mol. The van der Waals surface area contributed by atoms with E-state index >= 15 is 0 Å². The van der Waals surface area contributed by atoms with Gasteiger partial charge >= 0.3 is 0 Å². The number of carbonyl (C=O) groups is 1. The van der Waals surface area contributed by atoms with Crippen LogP contribution < -0.4 is 0 Å². The molecular weight excluding hydrogens is 132 g/mol. The van der Waals surface area contributed by atoms with E-state index in [1.165, 1.54) is 14.0 Å². The molecule has 10 heavy (non-hydrogen) atoms. The molecular formula is C7H14O3. The fourth-order valence-corrected chi connectivity index (χ4v) is 0.738. The SMILES string of the molecule is COC(CC(C)O)C(C)=O. The molecule has 60 valence electrons. The Bertz CT molecular complexity index is 109. The number of aliphatic hydroxyl groups excluding tert-OH is 1. The molecule has 0 aliphatic rings. The first-order valence-electron chi connectivity index (χ1n) is 3.29. The first-order valence-corrected chi connectivity index (χ1v) is 3.29. The Balaban J connectivity index is 3.72. The van der Waals surface area contributed by atoms with Crippen molar-refractivity contribution in [3.05, 3.63) is 0 Å². The lowest BCUT2D eigenvalue weighted by atomic mass is 10.1. The lowest BCUT2D eigenvalue weighted by molar-refractivity contribution is -0.128. The average Bonchev–Trinajstić information content (AvgIpc) is 1.81. The Labute approximate surface area is 61.0 Å². The second-order valence-corrected chi connectivity index (χ2v) is 2.42. The molecule has 0 aromatic carbocycles. The third kappa shape index (κ3) is 3.58. The largest absolute Gasteiger partial charge is 0.393 e. The summed E-state index contributed by atoms with van der Waals surface area (Å²) in [7, 11) is 1.47. The molecule has 0 aromatic heterocycles.